The van der Waals surface area contributed by atoms with Crippen LogP contribution in [0.1, 0.15) is 35.5 Å². The number of fused-ring (bicyclic) bond motifs is 1. The van der Waals surface area contributed by atoms with Crippen LogP contribution >= 0.6 is 0 Å². The smallest absolute Gasteiger partial charge is 0.270 e. The first-order chi connectivity index (χ1) is 14.6. The number of methoxy groups -OCH3 is 1. The first kappa shape index (κ1) is 20.3. The van der Waals surface area contributed by atoms with Crippen molar-refractivity contribution >= 4 is 22.5 Å². The van der Waals surface area contributed by atoms with Crippen LogP contribution < -0.4 is 9.64 Å². The second-order valence-corrected chi connectivity index (χ2v) is 7.87. The maximum absolute atomic E-state index is 13.6. The molecule has 5 heteroatoms. The highest BCUT2D eigenvalue weighted by Gasteiger charge is 2.28. The number of para-hydroxylation sites is 2. The van der Waals surface area contributed by atoms with Gasteiger partial charge in [-0.15, -0.1) is 0 Å². The molecule has 1 amide bonds. The summed E-state index contributed by atoms with van der Waals surface area (Å²) in [5, 5.41) is 1.20. The Balaban J connectivity index is 1.59. The lowest BCUT2D eigenvalue weighted by Gasteiger charge is -2.36. The van der Waals surface area contributed by atoms with E-state index in [0.29, 0.717) is 13.1 Å². The molecule has 0 atom stereocenters. The van der Waals surface area contributed by atoms with Gasteiger partial charge in [0.1, 0.15) is 11.4 Å². The second kappa shape index (κ2) is 8.42. The molecule has 4 rings (SSSR count). The number of ether oxygens (including phenoxy) is 1. The quantitative estimate of drug-likeness (QED) is 0.627. The number of benzene rings is 2. The summed E-state index contributed by atoms with van der Waals surface area (Å²) in [5.74, 6) is 1.02. The van der Waals surface area contributed by atoms with Crippen molar-refractivity contribution in [3.63, 3.8) is 0 Å². The molecule has 1 fully saturated rings. The second-order valence-electron chi connectivity index (χ2n) is 7.87. The summed E-state index contributed by atoms with van der Waals surface area (Å²) in [6, 6.07) is 14.7. The Morgan fingerprint density at radius 1 is 1.03 bits per heavy atom. The highest BCUT2D eigenvalue weighted by Crippen LogP contribution is 2.30. The molecule has 1 saturated heterocycles. The van der Waals surface area contributed by atoms with Gasteiger partial charge in [-0.25, -0.2) is 0 Å². The number of hydrogen-bond donors (Lipinski definition) is 0. The first-order valence-corrected chi connectivity index (χ1v) is 10.9. The topological polar surface area (TPSA) is 37.7 Å². The number of amides is 1. The molecule has 1 aliphatic rings. The van der Waals surface area contributed by atoms with E-state index < -0.39 is 0 Å². The number of piperazine rings is 1. The predicted molar refractivity (Wildman–Crippen MR) is 123 cm³/mol. The lowest BCUT2D eigenvalue weighted by atomic mass is 10.1. The maximum atomic E-state index is 13.6. The third kappa shape index (κ3) is 3.42. The molecule has 0 spiro atoms. The molecular formula is C25H31N3O2. The molecule has 0 radical (unpaired) electrons. The average Bonchev–Trinajstić information content (AvgIpc) is 3.09. The number of nitrogens with zero attached hydrogens (tertiary/aromatic N) is 3. The zero-order valence-corrected chi connectivity index (χ0v) is 18.4. The van der Waals surface area contributed by atoms with E-state index in [0.717, 1.165) is 54.3 Å². The van der Waals surface area contributed by atoms with Crippen LogP contribution in [-0.4, -0.2) is 48.7 Å². The highest BCUT2D eigenvalue weighted by molar-refractivity contribution is 6.02. The Kier molecular flexibility index (Phi) is 5.71. The van der Waals surface area contributed by atoms with Gasteiger partial charge in [-0.1, -0.05) is 25.1 Å². The van der Waals surface area contributed by atoms with Crippen LogP contribution in [0, 0.1) is 6.92 Å². The fourth-order valence-corrected chi connectivity index (χ4v) is 4.58. The van der Waals surface area contributed by atoms with Crippen molar-refractivity contribution in [3.05, 3.63) is 59.3 Å². The van der Waals surface area contributed by atoms with Crippen LogP contribution in [0.3, 0.4) is 0 Å². The van der Waals surface area contributed by atoms with E-state index in [4.69, 9.17) is 4.74 Å². The Bertz CT molecular complexity index is 1060. The number of aryl methyl sites for hydroxylation is 3. The van der Waals surface area contributed by atoms with E-state index in [1.807, 2.05) is 23.1 Å². The summed E-state index contributed by atoms with van der Waals surface area (Å²) in [6.45, 7) is 10.2. The highest BCUT2D eigenvalue weighted by atomic mass is 16.5. The van der Waals surface area contributed by atoms with Gasteiger partial charge in [0.15, 0.2) is 0 Å². The number of rotatable bonds is 5. The zero-order chi connectivity index (χ0) is 21.3. The molecule has 0 unspecified atom stereocenters. The van der Waals surface area contributed by atoms with Gasteiger partial charge in [-0.3, -0.25) is 4.79 Å². The molecule has 158 valence electrons. The van der Waals surface area contributed by atoms with Crippen LogP contribution in [0.25, 0.3) is 10.9 Å². The van der Waals surface area contributed by atoms with Crippen molar-refractivity contribution in [1.29, 1.82) is 0 Å². The van der Waals surface area contributed by atoms with Crippen molar-refractivity contribution in [2.45, 2.75) is 33.7 Å². The summed E-state index contributed by atoms with van der Waals surface area (Å²) in [4.78, 5) is 17.9. The van der Waals surface area contributed by atoms with Crippen molar-refractivity contribution in [2.75, 3.05) is 38.2 Å². The Hall–Kier alpha value is -2.95. The Morgan fingerprint density at radius 2 is 1.77 bits per heavy atom. The van der Waals surface area contributed by atoms with E-state index in [2.05, 4.69) is 54.5 Å². The molecular weight excluding hydrogens is 374 g/mol. The molecule has 0 saturated carbocycles. The summed E-state index contributed by atoms with van der Waals surface area (Å²) in [5.41, 5.74) is 5.50. The normalized spacial score (nSPS) is 14.4. The minimum absolute atomic E-state index is 0.142. The van der Waals surface area contributed by atoms with Crippen molar-refractivity contribution in [1.82, 2.24) is 9.47 Å². The van der Waals surface area contributed by atoms with E-state index in [9.17, 15) is 4.79 Å². The van der Waals surface area contributed by atoms with Gasteiger partial charge in [-0.05, 0) is 55.7 Å². The number of carbonyl (C=O) groups excluding carboxylic acids is 1. The molecule has 0 aliphatic carbocycles. The molecule has 2 heterocycles. The third-order valence-electron chi connectivity index (χ3n) is 6.30. The molecule has 5 nitrogen and oxygen atoms in total. The van der Waals surface area contributed by atoms with E-state index >= 15 is 0 Å². The van der Waals surface area contributed by atoms with Gasteiger partial charge in [0.2, 0.25) is 0 Å². The maximum Gasteiger partial charge on any atom is 0.270 e. The largest absolute Gasteiger partial charge is 0.495 e. The number of hydrogen-bond acceptors (Lipinski definition) is 3. The lowest BCUT2D eigenvalue weighted by molar-refractivity contribution is 0.0735. The molecule has 1 aromatic heterocycles. The third-order valence-corrected chi connectivity index (χ3v) is 6.30. The molecule has 0 N–H and O–H groups in total. The number of carbonyl (C=O) groups is 1. The number of anilines is 1. The van der Waals surface area contributed by atoms with Crippen molar-refractivity contribution in [2.24, 2.45) is 0 Å². The predicted octanol–water partition coefficient (Wildman–Crippen LogP) is 4.50. The minimum atomic E-state index is 0.142. The van der Waals surface area contributed by atoms with Gasteiger partial charge in [-0.2, -0.15) is 0 Å². The van der Waals surface area contributed by atoms with Crippen LogP contribution in [0.15, 0.2) is 42.5 Å². The van der Waals surface area contributed by atoms with E-state index in [1.165, 1.54) is 10.9 Å². The number of aromatic nitrogens is 1. The Morgan fingerprint density at radius 3 is 2.43 bits per heavy atom. The van der Waals surface area contributed by atoms with E-state index in [1.54, 1.807) is 7.11 Å². The first-order valence-electron chi connectivity index (χ1n) is 10.9. The molecule has 2 aromatic carbocycles. The van der Waals surface area contributed by atoms with Gasteiger partial charge < -0.3 is 19.1 Å². The van der Waals surface area contributed by atoms with Crippen LogP contribution in [0.2, 0.25) is 0 Å². The van der Waals surface area contributed by atoms with Gasteiger partial charge in [0.25, 0.3) is 5.91 Å². The SMILES string of the molecule is CCc1ccc2c(c1)c(C)c(C(=O)N1CCN(c3ccccc3OC)CC1)n2CC. The van der Waals surface area contributed by atoms with Crippen LogP contribution in [-0.2, 0) is 13.0 Å². The summed E-state index contributed by atoms with van der Waals surface area (Å²) < 4.78 is 7.69. The van der Waals surface area contributed by atoms with Crippen LogP contribution in [0.4, 0.5) is 5.69 Å². The molecule has 1 aliphatic heterocycles. The fraction of sp³-hybridized carbons (Fsp3) is 0.400. The molecule has 30 heavy (non-hydrogen) atoms. The fourth-order valence-electron chi connectivity index (χ4n) is 4.58. The Labute approximate surface area is 178 Å². The zero-order valence-electron chi connectivity index (χ0n) is 18.4. The summed E-state index contributed by atoms with van der Waals surface area (Å²) >= 11 is 0. The summed E-state index contributed by atoms with van der Waals surface area (Å²) in [6.07, 6.45) is 1.00. The van der Waals surface area contributed by atoms with Gasteiger partial charge in [0, 0.05) is 43.6 Å². The van der Waals surface area contributed by atoms with E-state index in [-0.39, 0.29) is 5.91 Å². The lowest BCUT2D eigenvalue weighted by Crippen LogP contribution is -2.49. The standard InChI is InChI=1S/C25H31N3O2/c1-5-19-11-12-21-20(17-19)18(3)24(28(21)6-2)25(29)27-15-13-26(14-16-27)22-9-7-8-10-23(22)30-4/h7-12,17H,5-6,13-16H2,1-4H3. The molecule has 3 aromatic rings. The summed E-state index contributed by atoms with van der Waals surface area (Å²) in [7, 11) is 1.70. The van der Waals surface area contributed by atoms with Crippen molar-refractivity contribution in [3.8, 4) is 5.75 Å². The van der Waals surface area contributed by atoms with Crippen molar-refractivity contribution < 1.29 is 9.53 Å². The van der Waals surface area contributed by atoms with Gasteiger partial charge in [0.05, 0.1) is 12.8 Å². The average molecular weight is 406 g/mol. The van der Waals surface area contributed by atoms with Gasteiger partial charge >= 0.3 is 0 Å². The minimum Gasteiger partial charge on any atom is -0.495 e. The van der Waals surface area contributed by atoms with Crippen LogP contribution in [0.5, 0.6) is 5.75 Å². The monoisotopic (exact) mass is 405 g/mol. The molecule has 0 bridgehead atoms.